The van der Waals surface area contributed by atoms with Crippen LogP contribution in [0, 0.1) is 0 Å². The summed E-state index contributed by atoms with van der Waals surface area (Å²) in [5.74, 6) is -0.655. The molecular weight excluding hydrogens is 242 g/mol. The van der Waals surface area contributed by atoms with Crippen LogP contribution in [0.5, 0.6) is 0 Å². The minimum absolute atomic E-state index is 0.0217. The molecule has 0 aliphatic carbocycles. The molecule has 0 aliphatic heterocycles. The Morgan fingerprint density at radius 1 is 1.62 bits per heavy atom. The van der Waals surface area contributed by atoms with Crippen molar-refractivity contribution < 1.29 is 18.7 Å². The van der Waals surface area contributed by atoms with E-state index in [1.165, 1.54) is 18.3 Å². The van der Waals surface area contributed by atoms with Crippen molar-refractivity contribution in [3.8, 4) is 0 Å². The third kappa shape index (κ3) is 3.39. The van der Waals surface area contributed by atoms with E-state index in [4.69, 9.17) is 16.7 Å². The van der Waals surface area contributed by atoms with Gasteiger partial charge in [-0.15, -0.1) is 0 Å². The first kappa shape index (κ1) is 12.8. The zero-order chi connectivity index (χ0) is 12.1. The summed E-state index contributed by atoms with van der Waals surface area (Å²) in [6.07, 6.45) is -3.39. The first-order valence-electron chi connectivity index (χ1n) is 4.37. The molecule has 1 rings (SSSR count). The molecule has 88 valence electrons. The van der Waals surface area contributed by atoms with E-state index >= 15 is 0 Å². The lowest BCUT2D eigenvalue weighted by molar-refractivity contribution is -0.00270. The number of nitrogens with one attached hydrogen (secondary N) is 1. The van der Waals surface area contributed by atoms with Gasteiger partial charge in [0, 0.05) is 12.7 Å². The van der Waals surface area contributed by atoms with Crippen LogP contribution < -0.4 is 5.32 Å². The lowest BCUT2D eigenvalue weighted by Gasteiger charge is -2.10. The van der Waals surface area contributed by atoms with Crippen LogP contribution in [0.2, 0.25) is 5.15 Å². The molecule has 1 atom stereocenters. The molecule has 0 bridgehead atoms. The highest BCUT2D eigenvalue weighted by Crippen LogP contribution is 2.11. The van der Waals surface area contributed by atoms with Gasteiger partial charge in [0.15, 0.2) is 0 Å². The number of aliphatic hydroxyl groups is 1. The SMILES string of the molecule is O=C(NCC(O)C(F)F)c1cccnc1Cl. The van der Waals surface area contributed by atoms with Gasteiger partial charge in [0.2, 0.25) is 0 Å². The minimum Gasteiger partial charge on any atom is -0.385 e. The maximum Gasteiger partial charge on any atom is 0.265 e. The molecule has 4 nitrogen and oxygen atoms in total. The number of hydrogen-bond acceptors (Lipinski definition) is 3. The molecule has 7 heteroatoms. The van der Waals surface area contributed by atoms with Crippen LogP contribution >= 0.6 is 11.6 Å². The summed E-state index contributed by atoms with van der Waals surface area (Å²) < 4.78 is 23.8. The van der Waals surface area contributed by atoms with Crippen molar-refractivity contribution in [1.29, 1.82) is 0 Å². The molecule has 1 aromatic heterocycles. The predicted molar refractivity (Wildman–Crippen MR) is 53.6 cm³/mol. The summed E-state index contributed by atoms with van der Waals surface area (Å²) in [6.45, 7) is -0.540. The Bertz CT molecular complexity index is 376. The lowest BCUT2D eigenvalue weighted by Crippen LogP contribution is -2.36. The van der Waals surface area contributed by atoms with Crippen molar-refractivity contribution in [3.63, 3.8) is 0 Å². The zero-order valence-electron chi connectivity index (χ0n) is 8.03. The number of rotatable bonds is 4. The van der Waals surface area contributed by atoms with Gasteiger partial charge < -0.3 is 10.4 Å². The van der Waals surface area contributed by atoms with Crippen molar-refractivity contribution in [3.05, 3.63) is 29.0 Å². The Hall–Kier alpha value is -1.27. The Kier molecular flexibility index (Phi) is 4.57. The highest BCUT2D eigenvalue weighted by atomic mass is 35.5. The normalized spacial score (nSPS) is 12.6. The molecule has 0 aromatic carbocycles. The second kappa shape index (κ2) is 5.72. The molecule has 0 saturated heterocycles. The highest BCUT2D eigenvalue weighted by Gasteiger charge is 2.18. The van der Waals surface area contributed by atoms with Gasteiger partial charge in [-0.2, -0.15) is 0 Å². The topological polar surface area (TPSA) is 62.2 Å². The summed E-state index contributed by atoms with van der Waals surface area (Å²) in [6, 6.07) is 2.89. The summed E-state index contributed by atoms with van der Waals surface area (Å²) in [4.78, 5) is 15.1. The Balaban J connectivity index is 2.57. The molecule has 16 heavy (non-hydrogen) atoms. The smallest absolute Gasteiger partial charge is 0.265 e. The van der Waals surface area contributed by atoms with E-state index < -0.39 is 25.0 Å². The number of alkyl halides is 2. The number of hydrogen-bond donors (Lipinski definition) is 2. The van der Waals surface area contributed by atoms with E-state index in [2.05, 4.69) is 10.3 Å². The molecule has 2 N–H and O–H groups in total. The van der Waals surface area contributed by atoms with E-state index in [9.17, 15) is 13.6 Å². The highest BCUT2D eigenvalue weighted by molar-refractivity contribution is 6.32. The summed E-state index contributed by atoms with van der Waals surface area (Å²) in [5, 5.41) is 10.9. The first-order valence-corrected chi connectivity index (χ1v) is 4.75. The number of aromatic nitrogens is 1. The average molecular weight is 251 g/mol. The predicted octanol–water partition coefficient (Wildman–Crippen LogP) is 1.09. The second-order valence-corrected chi connectivity index (χ2v) is 3.31. The van der Waals surface area contributed by atoms with Gasteiger partial charge in [0.05, 0.1) is 5.56 Å². The largest absolute Gasteiger partial charge is 0.385 e. The van der Waals surface area contributed by atoms with Crippen LogP contribution in [0.1, 0.15) is 10.4 Å². The quantitative estimate of drug-likeness (QED) is 0.787. The van der Waals surface area contributed by atoms with Crippen molar-refractivity contribution >= 4 is 17.5 Å². The molecule has 1 unspecified atom stereocenters. The monoisotopic (exact) mass is 250 g/mol. The van der Waals surface area contributed by atoms with Gasteiger partial charge >= 0.3 is 0 Å². The maximum absolute atomic E-state index is 11.9. The molecular formula is C9H9ClF2N2O2. The fraction of sp³-hybridized carbons (Fsp3) is 0.333. The molecule has 1 amide bonds. The third-order valence-electron chi connectivity index (χ3n) is 1.77. The molecule has 1 heterocycles. The third-order valence-corrected chi connectivity index (χ3v) is 2.07. The fourth-order valence-electron chi connectivity index (χ4n) is 0.937. The van der Waals surface area contributed by atoms with E-state index in [0.717, 1.165) is 0 Å². The van der Waals surface area contributed by atoms with E-state index in [1.807, 2.05) is 0 Å². The van der Waals surface area contributed by atoms with Gasteiger partial charge in [-0.3, -0.25) is 4.79 Å². The van der Waals surface area contributed by atoms with Crippen molar-refractivity contribution in [2.75, 3.05) is 6.54 Å². The molecule has 0 saturated carbocycles. The number of halogens is 3. The van der Waals surface area contributed by atoms with E-state index in [1.54, 1.807) is 0 Å². The van der Waals surface area contributed by atoms with Gasteiger partial charge in [-0.05, 0) is 12.1 Å². The van der Waals surface area contributed by atoms with Crippen LogP contribution in [0.25, 0.3) is 0 Å². The Morgan fingerprint density at radius 3 is 2.88 bits per heavy atom. The molecule has 1 aromatic rings. The Labute approximate surface area is 95.3 Å². The van der Waals surface area contributed by atoms with E-state index in [0.29, 0.717) is 0 Å². The average Bonchev–Trinajstić information content (AvgIpc) is 2.25. The zero-order valence-corrected chi connectivity index (χ0v) is 8.79. The summed E-state index contributed by atoms with van der Waals surface area (Å²) >= 11 is 5.61. The number of carbonyl (C=O) groups is 1. The van der Waals surface area contributed by atoms with Crippen LogP contribution in [-0.2, 0) is 0 Å². The van der Waals surface area contributed by atoms with Gasteiger partial charge in [0.25, 0.3) is 12.3 Å². The van der Waals surface area contributed by atoms with Gasteiger partial charge in [-0.25, -0.2) is 13.8 Å². The molecule has 0 spiro atoms. The second-order valence-electron chi connectivity index (χ2n) is 2.95. The molecule has 0 aliphatic rings. The number of carbonyl (C=O) groups excluding carboxylic acids is 1. The number of pyridine rings is 1. The van der Waals surface area contributed by atoms with Crippen LogP contribution in [0.4, 0.5) is 8.78 Å². The number of amides is 1. The number of nitrogens with zero attached hydrogens (tertiary/aromatic N) is 1. The Morgan fingerprint density at radius 2 is 2.31 bits per heavy atom. The minimum atomic E-state index is -2.90. The van der Waals surface area contributed by atoms with Crippen molar-refractivity contribution in [2.45, 2.75) is 12.5 Å². The standard InChI is InChI=1S/C9H9ClF2N2O2/c10-7-5(2-1-3-13-7)9(16)14-4-6(15)8(11)12/h1-3,6,8,15H,4H2,(H,14,16). The molecule has 0 fully saturated rings. The van der Waals surface area contributed by atoms with Crippen LogP contribution in [-0.4, -0.2) is 35.1 Å². The van der Waals surface area contributed by atoms with Crippen LogP contribution in [0.3, 0.4) is 0 Å². The van der Waals surface area contributed by atoms with Gasteiger partial charge in [0.1, 0.15) is 11.3 Å². The van der Waals surface area contributed by atoms with Crippen molar-refractivity contribution in [2.24, 2.45) is 0 Å². The molecule has 0 radical (unpaired) electrons. The summed E-state index contributed by atoms with van der Waals surface area (Å²) in [5.41, 5.74) is 0.0747. The van der Waals surface area contributed by atoms with Gasteiger partial charge in [-0.1, -0.05) is 11.6 Å². The van der Waals surface area contributed by atoms with Crippen molar-refractivity contribution in [1.82, 2.24) is 10.3 Å². The lowest BCUT2D eigenvalue weighted by atomic mass is 10.2. The maximum atomic E-state index is 11.9. The number of aliphatic hydroxyl groups excluding tert-OH is 1. The fourth-order valence-corrected chi connectivity index (χ4v) is 1.14. The first-order chi connectivity index (χ1) is 7.52. The van der Waals surface area contributed by atoms with E-state index in [-0.39, 0.29) is 10.7 Å². The summed E-state index contributed by atoms with van der Waals surface area (Å²) in [7, 11) is 0. The van der Waals surface area contributed by atoms with Crippen LogP contribution in [0.15, 0.2) is 18.3 Å².